The molecule has 0 unspecified atom stereocenters. The van der Waals surface area contributed by atoms with Crippen LogP contribution < -0.4 is 16.4 Å². The fraction of sp³-hybridized carbons (Fsp3) is 0.0500. The molecular formula is C20H18N4O3. The minimum absolute atomic E-state index is 0.358. The van der Waals surface area contributed by atoms with Crippen molar-refractivity contribution in [2.24, 2.45) is 5.73 Å². The van der Waals surface area contributed by atoms with Gasteiger partial charge in [-0.1, -0.05) is 18.2 Å². The normalized spacial score (nSPS) is 10.9. The Labute approximate surface area is 155 Å². The highest BCUT2D eigenvalue weighted by atomic mass is 16.2. The average molecular weight is 362 g/mol. The van der Waals surface area contributed by atoms with Gasteiger partial charge in [0.1, 0.15) is 0 Å². The van der Waals surface area contributed by atoms with Crippen molar-refractivity contribution in [3.05, 3.63) is 66.4 Å². The van der Waals surface area contributed by atoms with E-state index in [1.54, 1.807) is 18.3 Å². The lowest BCUT2D eigenvalue weighted by atomic mass is 9.98. The van der Waals surface area contributed by atoms with Gasteiger partial charge in [-0.3, -0.25) is 14.4 Å². The third-order valence-corrected chi connectivity index (χ3v) is 4.06. The van der Waals surface area contributed by atoms with Gasteiger partial charge in [0, 0.05) is 36.5 Å². The zero-order valence-electron chi connectivity index (χ0n) is 14.6. The van der Waals surface area contributed by atoms with Crippen molar-refractivity contribution in [2.75, 3.05) is 12.4 Å². The number of likely N-dealkylation sites (N-methyl/N-ethyl adjacent to an activating group) is 1. The van der Waals surface area contributed by atoms with Gasteiger partial charge in [-0.2, -0.15) is 0 Å². The van der Waals surface area contributed by atoms with E-state index in [0.29, 0.717) is 16.8 Å². The zero-order chi connectivity index (χ0) is 19.4. The molecule has 0 spiro atoms. The highest BCUT2D eigenvalue weighted by Gasteiger charge is 2.12. The monoisotopic (exact) mass is 362 g/mol. The fourth-order valence-electron chi connectivity index (χ4n) is 2.80. The van der Waals surface area contributed by atoms with E-state index < -0.39 is 11.8 Å². The number of hydrogen-bond donors (Lipinski definition) is 4. The zero-order valence-corrected chi connectivity index (χ0v) is 14.6. The van der Waals surface area contributed by atoms with Crippen molar-refractivity contribution in [1.82, 2.24) is 10.3 Å². The number of carbonyl (C=O) groups excluding carboxylic acids is 3. The first kappa shape index (κ1) is 17.9. The van der Waals surface area contributed by atoms with Crippen molar-refractivity contribution in [2.45, 2.75) is 0 Å². The van der Waals surface area contributed by atoms with Crippen LogP contribution in [0, 0.1) is 0 Å². The van der Waals surface area contributed by atoms with Crippen LogP contribution in [0.2, 0.25) is 0 Å². The molecule has 0 aliphatic heterocycles. The number of hydrogen-bond acceptors (Lipinski definition) is 3. The van der Waals surface area contributed by atoms with Crippen LogP contribution >= 0.6 is 0 Å². The number of aromatic amines is 1. The molecule has 3 rings (SSSR count). The van der Waals surface area contributed by atoms with Crippen molar-refractivity contribution < 1.29 is 14.4 Å². The molecule has 0 saturated heterocycles. The van der Waals surface area contributed by atoms with Crippen molar-refractivity contribution in [3.63, 3.8) is 0 Å². The molecule has 0 atom stereocenters. The predicted octanol–water partition coefficient (Wildman–Crippen LogP) is 2.17. The maximum atomic E-state index is 11.9. The van der Waals surface area contributed by atoms with Crippen molar-refractivity contribution in [3.8, 4) is 11.1 Å². The highest BCUT2D eigenvalue weighted by Crippen LogP contribution is 2.31. The number of H-pyrrole nitrogens is 1. The minimum atomic E-state index is -0.502. The highest BCUT2D eigenvalue weighted by molar-refractivity contribution is 6.09. The van der Waals surface area contributed by atoms with E-state index in [-0.39, 0.29) is 5.91 Å². The molecule has 3 aromatic rings. The summed E-state index contributed by atoms with van der Waals surface area (Å²) in [6.45, 7) is 0. The summed E-state index contributed by atoms with van der Waals surface area (Å²) in [5.41, 5.74) is 8.86. The number of rotatable bonds is 5. The van der Waals surface area contributed by atoms with Crippen molar-refractivity contribution >= 4 is 34.3 Å². The molecule has 1 heterocycles. The van der Waals surface area contributed by atoms with E-state index in [1.807, 2.05) is 30.3 Å². The Morgan fingerprint density at radius 3 is 2.56 bits per heavy atom. The third kappa shape index (κ3) is 3.87. The Morgan fingerprint density at radius 2 is 1.81 bits per heavy atom. The van der Waals surface area contributed by atoms with Gasteiger partial charge in [0.2, 0.25) is 11.8 Å². The van der Waals surface area contributed by atoms with Crippen LogP contribution in [0.4, 0.5) is 5.69 Å². The molecule has 27 heavy (non-hydrogen) atoms. The Hall–Kier alpha value is -3.87. The lowest BCUT2D eigenvalue weighted by molar-refractivity contribution is -0.117. The van der Waals surface area contributed by atoms with Crippen LogP contribution in [-0.4, -0.2) is 29.8 Å². The molecule has 2 aromatic carbocycles. The van der Waals surface area contributed by atoms with Crippen LogP contribution in [-0.2, 0) is 9.59 Å². The van der Waals surface area contributed by atoms with Crippen LogP contribution in [0.5, 0.6) is 0 Å². The number of aromatic nitrogens is 1. The smallest absolute Gasteiger partial charge is 0.250 e. The first-order valence-electron chi connectivity index (χ1n) is 8.20. The summed E-state index contributed by atoms with van der Waals surface area (Å²) in [6, 6.07) is 12.7. The number of anilines is 1. The van der Waals surface area contributed by atoms with Gasteiger partial charge in [0.25, 0.3) is 5.91 Å². The average Bonchev–Trinajstić information content (AvgIpc) is 3.15. The molecule has 5 N–H and O–H groups in total. The minimum Gasteiger partial charge on any atom is -0.366 e. The Kier molecular flexibility index (Phi) is 5.03. The molecule has 136 valence electrons. The van der Waals surface area contributed by atoms with E-state index in [4.69, 9.17) is 5.73 Å². The third-order valence-electron chi connectivity index (χ3n) is 4.06. The fourth-order valence-corrected chi connectivity index (χ4v) is 2.80. The standard InChI is InChI=1S/C20H18N4O3/c1-22-17(25)7-8-18(26)24-13-4-2-3-12(11-13)14-5-6-16(20(21)27)19-15(14)9-10-23-19/h2-11,23H,1H3,(H2,21,27)(H,22,25)(H,24,26)/b8-7+. The van der Waals surface area contributed by atoms with Gasteiger partial charge < -0.3 is 21.4 Å². The maximum Gasteiger partial charge on any atom is 0.250 e. The van der Waals surface area contributed by atoms with Gasteiger partial charge >= 0.3 is 0 Å². The number of carbonyl (C=O) groups is 3. The molecule has 0 saturated carbocycles. The van der Waals surface area contributed by atoms with Crippen LogP contribution in [0.15, 0.2) is 60.8 Å². The molecule has 0 fully saturated rings. The second-order valence-corrected chi connectivity index (χ2v) is 5.81. The maximum absolute atomic E-state index is 11.9. The number of primary amides is 1. The lowest BCUT2D eigenvalue weighted by Crippen LogP contribution is -2.16. The molecule has 0 aliphatic rings. The topological polar surface area (TPSA) is 117 Å². The number of amides is 3. The molecule has 0 bridgehead atoms. The summed E-state index contributed by atoms with van der Waals surface area (Å²) in [5, 5.41) is 5.97. The van der Waals surface area contributed by atoms with Crippen LogP contribution in [0.25, 0.3) is 22.0 Å². The van der Waals surface area contributed by atoms with Crippen molar-refractivity contribution in [1.29, 1.82) is 0 Å². The first-order chi connectivity index (χ1) is 13.0. The van der Waals surface area contributed by atoms with Gasteiger partial charge in [0.15, 0.2) is 0 Å². The van der Waals surface area contributed by atoms with E-state index >= 15 is 0 Å². The number of fused-ring (bicyclic) bond motifs is 1. The van der Waals surface area contributed by atoms with E-state index in [0.717, 1.165) is 28.7 Å². The number of nitrogens with two attached hydrogens (primary N) is 1. The summed E-state index contributed by atoms with van der Waals surface area (Å²) in [5.74, 6) is -1.27. The Morgan fingerprint density at radius 1 is 1.04 bits per heavy atom. The predicted molar refractivity (Wildman–Crippen MR) is 104 cm³/mol. The van der Waals surface area contributed by atoms with Crippen LogP contribution in [0.3, 0.4) is 0 Å². The summed E-state index contributed by atoms with van der Waals surface area (Å²) >= 11 is 0. The van der Waals surface area contributed by atoms with Gasteiger partial charge in [-0.05, 0) is 35.4 Å². The van der Waals surface area contributed by atoms with E-state index in [1.165, 1.54) is 7.05 Å². The summed E-state index contributed by atoms with van der Waals surface area (Å²) in [6.07, 6.45) is 4.07. The lowest BCUT2D eigenvalue weighted by Gasteiger charge is -2.09. The summed E-state index contributed by atoms with van der Waals surface area (Å²) < 4.78 is 0. The molecule has 7 heteroatoms. The Bertz CT molecular complexity index is 1070. The van der Waals surface area contributed by atoms with Gasteiger partial charge in [-0.15, -0.1) is 0 Å². The number of nitrogens with one attached hydrogen (secondary N) is 3. The summed E-state index contributed by atoms with van der Waals surface area (Å²) in [7, 11) is 1.49. The van der Waals surface area contributed by atoms with Crippen LogP contribution in [0.1, 0.15) is 10.4 Å². The Balaban J connectivity index is 1.91. The molecule has 0 aliphatic carbocycles. The molecule has 1 aromatic heterocycles. The quantitative estimate of drug-likeness (QED) is 0.521. The second-order valence-electron chi connectivity index (χ2n) is 5.81. The van der Waals surface area contributed by atoms with E-state index in [9.17, 15) is 14.4 Å². The SMILES string of the molecule is CNC(=O)/C=C/C(=O)Nc1cccc(-c2ccc(C(N)=O)c3[nH]ccc23)c1. The molecule has 0 radical (unpaired) electrons. The van der Waals surface area contributed by atoms with Gasteiger partial charge in [0.05, 0.1) is 11.1 Å². The number of benzene rings is 2. The van der Waals surface area contributed by atoms with Gasteiger partial charge in [-0.25, -0.2) is 0 Å². The second kappa shape index (κ2) is 7.57. The molecular weight excluding hydrogens is 344 g/mol. The summed E-state index contributed by atoms with van der Waals surface area (Å²) in [4.78, 5) is 37.7. The molecule has 7 nitrogen and oxygen atoms in total. The van der Waals surface area contributed by atoms with E-state index in [2.05, 4.69) is 15.6 Å². The largest absolute Gasteiger partial charge is 0.366 e. The first-order valence-corrected chi connectivity index (χ1v) is 8.20. The molecule has 3 amide bonds.